The van der Waals surface area contributed by atoms with Crippen LogP contribution in [0.2, 0.25) is 0 Å². The number of rotatable bonds is 13. The maximum Gasteiger partial charge on any atom is 0.0225 e. The van der Waals surface area contributed by atoms with Crippen molar-refractivity contribution in [3.63, 3.8) is 0 Å². The zero-order chi connectivity index (χ0) is 12.8. The second-order valence-electron chi connectivity index (χ2n) is 5.55. The predicted molar refractivity (Wildman–Crippen MR) is 81.0 cm³/mol. The highest BCUT2D eigenvalue weighted by molar-refractivity contribution is 6.17. The van der Waals surface area contributed by atoms with E-state index in [4.69, 9.17) is 11.6 Å². The molecule has 0 spiro atoms. The molecule has 0 N–H and O–H groups in total. The molecule has 1 unspecified atom stereocenters. The first-order valence-corrected chi connectivity index (χ1v) is 8.40. The lowest BCUT2D eigenvalue weighted by atomic mass is 9.99. The van der Waals surface area contributed by atoms with Crippen LogP contribution in [-0.2, 0) is 0 Å². The SMILES string of the molecule is CCCCCCCCCCCCC(C)CCCl. The van der Waals surface area contributed by atoms with Crippen LogP contribution >= 0.6 is 11.6 Å². The van der Waals surface area contributed by atoms with E-state index in [1.165, 1.54) is 77.0 Å². The summed E-state index contributed by atoms with van der Waals surface area (Å²) in [6, 6.07) is 0. The van der Waals surface area contributed by atoms with Crippen LogP contribution in [0.4, 0.5) is 0 Å². The van der Waals surface area contributed by atoms with Gasteiger partial charge in [-0.15, -0.1) is 11.6 Å². The second kappa shape index (κ2) is 14.4. The molecule has 0 aromatic rings. The normalized spacial score (nSPS) is 12.9. The summed E-state index contributed by atoms with van der Waals surface area (Å²) in [4.78, 5) is 0. The molecular formula is C16H33Cl. The summed E-state index contributed by atoms with van der Waals surface area (Å²) in [5.41, 5.74) is 0. The van der Waals surface area contributed by atoms with Gasteiger partial charge in [0.15, 0.2) is 0 Å². The van der Waals surface area contributed by atoms with Crippen molar-refractivity contribution in [1.29, 1.82) is 0 Å². The van der Waals surface area contributed by atoms with Crippen LogP contribution < -0.4 is 0 Å². The first-order valence-electron chi connectivity index (χ1n) is 7.87. The van der Waals surface area contributed by atoms with Crippen molar-refractivity contribution >= 4 is 11.6 Å². The zero-order valence-corrected chi connectivity index (χ0v) is 12.9. The van der Waals surface area contributed by atoms with Gasteiger partial charge in [0.2, 0.25) is 0 Å². The molecule has 0 saturated heterocycles. The Hall–Kier alpha value is 0.290. The highest BCUT2D eigenvalue weighted by Gasteiger charge is 2.00. The summed E-state index contributed by atoms with van der Waals surface area (Å²) < 4.78 is 0. The molecule has 0 heterocycles. The minimum atomic E-state index is 0.832. The van der Waals surface area contributed by atoms with Crippen molar-refractivity contribution < 1.29 is 0 Å². The minimum Gasteiger partial charge on any atom is -0.127 e. The highest BCUT2D eigenvalue weighted by atomic mass is 35.5. The Kier molecular flexibility index (Phi) is 14.6. The fourth-order valence-corrected chi connectivity index (χ4v) is 2.68. The van der Waals surface area contributed by atoms with E-state index in [0.717, 1.165) is 11.8 Å². The van der Waals surface area contributed by atoms with Gasteiger partial charge in [0.25, 0.3) is 0 Å². The van der Waals surface area contributed by atoms with Crippen LogP contribution in [-0.4, -0.2) is 5.88 Å². The van der Waals surface area contributed by atoms with Crippen molar-refractivity contribution in [3.05, 3.63) is 0 Å². The van der Waals surface area contributed by atoms with Gasteiger partial charge in [-0.2, -0.15) is 0 Å². The number of hydrogen-bond acceptors (Lipinski definition) is 0. The number of hydrogen-bond donors (Lipinski definition) is 0. The molecule has 0 aromatic carbocycles. The van der Waals surface area contributed by atoms with Gasteiger partial charge < -0.3 is 0 Å². The molecule has 0 amide bonds. The molecule has 1 atom stereocenters. The molecule has 0 aliphatic rings. The fourth-order valence-electron chi connectivity index (χ4n) is 2.31. The Balaban J connectivity index is 2.98. The Morgan fingerprint density at radius 3 is 1.65 bits per heavy atom. The minimum absolute atomic E-state index is 0.832. The predicted octanol–water partition coefficient (Wildman–Crippen LogP) is 6.56. The van der Waals surface area contributed by atoms with Gasteiger partial charge >= 0.3 is 0 Å². The van der Waals surface area contributed by atoms with E-state index < -0.39 is 0 Å². The molecule has 0 aliphatic heterocycles. The van der Waals surface area contributed by atoms with E-state index in [9.17, 15) is 0 Å². The molecule has 104 valence electrons. The lowest BCUT2D eigenvalue weighted by molar-refractivity contribution is 0.470. The van der Waals surface area contributed by atoms with Crippen molar-refractivity contribution in [2.24, 2.45) is 5.92 Å². The van der Waals surface area contributed by atoms with Crippen LogP contribution in [0.15, 0.2) is 0 Å². The average Bonchev–Trinajstić information content (AvgIpc) is 2.32. The van der Waals surface area contributed by atoms with E-state index in [-0.39, 0.29) is 0 Å². The second-order valence-corrected chi connectivity index (χ2v) is 5.93. The smallest absolute Gasteiger partial charge is 0.0225 e. The molecule has 17 heavy (non-hydrogen) atoms. The van der Waals surface area contributed by atoms with E-state index in [0.29, 0.717) is 0 Å². The van der Waals surface area contributed by atoms with E-state index >= 15 is 0 Å². The van der Waals surface area contributed by atoms with E-state index in [2.05, 4.69) is 13.8 Å². The molecule has 0 radical (unpaired) electrons. The summed E-state index contributed by atoms with van der Waals surface area (Å²) in [6.45, 7) is 4.61. The third kappa shape index (κ3) is 14.2. The lowest BCUT2D eigenvalue weighted by Gasteiger charge is -2.08. The highest BCUT2D eigenvalue weighted by Crippen LogP contribution is 2.15. The lowest BCUT2D eigenvalue weighted by Crippen LogP contribution is -1.95. The Bertz CT molecular complexity index is 133. The third-order valence-corrected chi connectivity index (χ3v) is 3.87. The van der Waals surface area contributed by atoms with Gasteiger partial charge in [-0.05, 0) is 12.3 Å². The molecule has 0 aromatic heterocycles. The summed E-state index contributed by atoms with van der Waals surface area (Å²) in [5, 5.41) is 0. The first kappa shape index (κ1) is 17.3. The molecule has 0 fully saturated rings. The largest absolute Gasteiger partial charge is 0.127 e. The van der Waals surface area contributed by atoms with Crippen LogP contribution in [0.3, 0.4) is 0 Å². The molecule has 0 saturated carbocycles. The van der Waals surface area contributed by atoms with E-state index in [1.807, 2.05) is 0 Å². The number of alkyl halides is 1. The van der Waals surface area contributed by atoms with Gasteiger partial charge in [-0.25, -0.2) is 0 Å². The van der Waals surface area contributed by atoms with Crippen LogP contribution in [0, 0.1) is 5.92 Å². The molecule has 0 nitrogen and oxygen atoms in total. The Labute approximate surface area is 115 Å². The Morgan fingerprint density at radius 2 is 1.18 bits per heavy atom. The van der Waals surface area contributed by atoms with Gasteiger partial charge in [-0.1, -0.05) is 84.5 Å². The van der Waals surface area contributed by atoms with Gasteiger partial charge in [-0.3, -0.25) is 0 Å². The van der Waals surface area contributed by atoms with Crippen molar-refractivity contribution in [2.45, 2.75) is 90.9 Å². The summed E-state index contributed by atoms with van der Waals surface area (Å²) in [5.74, 6) is 1.67. The van der Waals surface area contributed by atoms with Gasteiger partial charge in [0.1, 0.15) is 0 Å². The summed E-state index contributed by atoms with van der Waals surface area (Å²) in [6.07, 6.45) is 16.9. The zero-order valence-electron chi connectivity index (χ0n) is 12.1. The maximum atomic E-state index is 5.73. The molecule has 1 heteroatoms. The average molecular weight is 261 g/mol. The summed E-state index contributed by atoms with van der Waals surface area (Å²) in [7, 11) is 0. The molecule has 0 bridgehead atoms. The maximum absolute atomic E-state index is 5.73. The summed E-state index contributed by atoms with van der Waals surface area (Å²) >= 11 is 5.73. The van der Waals surface area contributed by atoms with Crippen LogP contribution in [0.25, 0.3) is 0 Å². The van der Waals surface area contributed by atoms with E-state index in [1.54, 1.807) is 0 Å². The van der Waals surface area contributed by atoms with Crippen molar-refractivity contribution in [3.8, 4) is 0 Å². The van der Waals surface area contributed by atoms with Crippen LogP contribution in [0.5, 0.6) is 0 Å². The first-order chi connectivity index (χ1) is 8.31. The number of unbranched alkanes of at least 4 members (excludes halogenated alkanes) is 9. The monoisotopic (exact) mass is 260 g/mol. The number of halogens is 1. The standard InChI is InChI=1S/C16H33Cl/c1-3-4-5-6-7-8-9-10-11-12-13-16(2)14-15-17/h16H,3-15H2,1-2H3. The third-order valence-electron chi connectivity index (χ3n) is 3.65. The van der Waals surface area contributed by atoms with Crippen molar-refractivity contribution in [2.75, 3.05) is 5.88 Å². The van der Waals surface area contributed by atoms with Crippen molar-refractivity contribution in [1.82, 2.24) is 0 Å². The molecular weight excluding hydrogens is 228 g/mol. The van der Waals surface area contributed by atoms with Gasteiger partial charge in [0, 0.05) is 5.88 Å². The Morgan fingerprint density at radius 1 is 0.706 bits per heavy atom. The molecule has 0 aliphatic carbocycles. The van der Waals surface area contributed by atoms with Crippen LogP contribution in [0.1, 0.15) is 90.9 Å². The van der Waals surface area contributed by atoms with Gasteiger partial charge in [0.05, 0.1) is 0 Å². The topological polar surface area (TPSA) is 0 Å². The fraction of sp³-hybridized carbons (Fsp3) is 1.00. The quantitative estimate of drug-likeness (QED) is 0.260. The molecule has 0 rings (SSSR count).